The molecule has 132 valence electrons. The number of amides is 1. The molecule has 0 fully saturated rings. The minimum atomic E-state index is -0.410. The minimum Gasteiger partial charge on any atom is -0.334 e. The first-order chi connectivity index (χ1) is 11.7. The van der Waals surface area contributed by atoms with E-state index < -0.39 is 4.92 Å². The maximum atomic E-state index is 13.1. The number of carbonyl (C=O) groups excluding carboxylic acids is 1. The highest BCUT2D eigenvalue weighted by Gasteiger charge is 2.24. The normalized spacial score (nSPS) is 11.0. The van der Waals surface area contributed by atoms with Crippen molar-refractivity contribution < 1.29 is 9.72 Å². The molecule has 0 aliphatic heterocycles. The summed E-state index contributed by atoms with van der Waals surface area (Å²) in [7, 11) is 0. The molecule has 0 N–H and O–H groups in total. The van der Waals surface area contributed by atoms with Crippen LogP contribution in [0.25, 0.3) is 11.1 Å². The van der Waals surface area contributed by atoms with Gasteiger partial charge < -0.3 is 4.90 Å². The molecule has 2 aromatic rings. The van der Waals surface area contributed by atoms with Crippen LogP contribution in [-0.2, 0) is 0 Å². The van der Waals surface area contributed by atoms with Crippen LogP contribution in [0.2, 0.25) is 0 Å². The van der Waals surface area contributed by atoms with Crippen molar-refractivity contribution in [1.82, 2.24) is 4.90 Å². The van der Waals surface area contributed by atoms with Crippen molar-refractivity contribution in [3.05, 3.63) is 63.7 Å². The van der Waals surface area contributed by atoms with E-state index in [-0.39, 0.29) is 23.7 Å². The van der Waals surface area contributed by atoms with Gasteiger partial charge in [0.15, 0.2) is 0 Å². The van der Waals surface area contributed by atoms with E-state index in [2.05, 4.69) is 0 Å². The Balaban J connectivity index is 2.56. The third kappa shape index (κ3) is 3.87. The molecule has 1 amide bonds. The lowest BCUT2D eigenvalue weighted by molar-refractivity contribution is -0.384. The summed E-state index contributed by atoms with van der Waals surface area (Å²) in [6.07, 6.45) is 0. The van der Waals surface area contributed by atoms with Gasteiger partial charge in [0.1, 0.15) is 0 Å². The van der Waals surface area contributed by atoms with Gasteiger partial charge in [0, 0.05) is 29.8 Å². The number of non-ortho nitro benzene ring substituents is 1. The quantitative estimate of drug-likeness (QED) is 0.578. The van der Waals surface area contributed by atoms with Crippen LogP contribution in [0, 0.1) is 17.0 Å². The highest BCUT2D eigenvalue weighted by molar-refractivity contribution is 6.01. The molecule has 0 saturated heterocycles. The fourth-order valence-electron chi connectivity index (χ4n) is 3.17. The molecule has 5 nitrogen and oxygen atoms in total. The van der Waals surface area contributed by atoms with Crippen LogP contribution >= 0.6 is 0 Å². The fourth-order valence-corrected chi connectivity index (χ4v) is 3.17. The van der Waals surface area contributed by atoms with Crippen molar-refractivity contribution in [2.45, 2.75) is 46.7 Å². The smallest absolute Gasteiger partial charge is 0.269 e. The van der Waals surface area contributed by atoms with E-state index in [4.69, 9.17) is 0 Å². The fraction of sp³-hybridized carbons (Fsp3) is 0.350. The van der Waals surface area contributed by atoms with Crippen molar-refractivity contribution in [3.63, 3.8) is 0 Å². The molecule has 0 saturated carbocycles. The Hall–Kier alpha value is -2.69. The lowest BCUT2D eigenvalue weighted by atomic mass is 9.94. The highest BCUT2D eigenvalue weighted by Crippen LogP contribution is 2.30. The summed E-state index contributed by atoms with van der Waals surface area (Å²) in [4.78, 5) is 25.5. The van der Waals surface area contributed by atoms with Gasteiger partial charge in [-0.05, 0) is 63.4 Å². The van der Waals surface area contributed by atoms with Crippen molar-refractivity contribution in [1.29, 1.82) is 0 Å². The van der Waals surface area contributed by atoms with Crippen molar-refractivity contribution in [2.24, 2.45) is 0 Å². The monoisotopic (exact) mass is 340 g/mol. The molecule has 0 atom stereocenters. The van der Waals surface area contributed by atoms with Gasteiger partial charge in [-0.25, -0.2) is 0 Å². The average molecular weight is 340 g/mol. The number of nitro groups is 1. The molecule has 0 aliphatic carbocycles. The van der Waals surface area contributed by atoms with E-state index in [0.717, 1.165) is 16.7 Å². The molecule has 0 aromatic heterocycles. The summed E-state index contributed by atoms with van der Waals surface area (Å²) >= 11 is 0. The Morgan fingerprint density at radius 1 is 1.00 bits per heavy atom. The van der Waals surface area contributed by atoms with Gasteiger partial charge in [-0.2, -0.15) is 0 Å². The van der Waals surface area contributed by atoms with Gasteiger partial charge in [-0.1, -0.05) is 18.2 Å². The molecular formula is C20H24N2O3. The first kappa shape index (κ1) is 18.6. The summed E-state index contributed by atoms with van der Waals surface area (Å²) < 4.78 is 0. The summed E-state index contributed by atoms with van der Waals surface area (Å²) in [6.45, 7) is 9.82. The predicted octanol–water partition coefficient (Wildman–Crippen LogP) is 4.83. The SMILES string of the molecule is Cc1cc([N+](=O)[O-])ccc1-c1ccccc1C(=O)N(C(C)C)C(C)C. The van der Waals surface area contributed by atoms with Crippen LogP contribution in [0.15, 0.2) is 42.5 Å². The Labute approximate surface area is 148 Å². The number of aryl methyl sites for hydroxylation is 1. The van der Waals surface area contributed by atoms with Crippen LogP contribution in [0.1, 0.15) is 43.6 Å². The highest BCUT2D eigenvalue weighted by atomic mass is 16.6. The number of hydrogen-bond acceptors (Lipinski definition) is 3. The van der Waals surface area contributed by atoms with Crippen LogP contribution in [-0.4, -0.2) is 27.8 Å². The molecule has 25 heavy (non-hydrogen) atoms. The summed E-state index contributed by atoms with van der Waals surface area (Å²) in [5.41, 5.74) is 3.07. The van der Waals surface area contributed by atoms with E-state index in [9.17, 15) is 14.9 Å². The van der Waals surface area contributed by atoms with E-state index in [0.29, 0.717) is 5.56 Å². The molecular weight excluding hydrogens is 316 g/mol. The average Bonchev–Trinajstić information content (AvgIpc) is 2.54. The summed E-state index contributed by atoms with van der Waals surface area (Å²) in [5, 5.41) is 11.0. The number of nitrogens with zero attached hydrogens (tertiary/aromatic N) is 2. The number of nitro benzene ring substituents is 1. The molecule has 0 unspecified atom stereocenters. The van der Waals surface area contributed by atoms with Crippen LogP contribution in [0.4, 0.5) is 5.69 Å². The molecule has 0 aliphatic rings. The van der Waals surface area contributed by atoms with Crippen LogP contribution in [0.3, 0.4) is 0 Å². The van der Waals surface area contributed by atoms with E-state index >= 15 is 0 Å². The third-order valence-corrected chi connectivity index (χ3v) is 4.22. The molecule has 0 heterocycles. The van der Waals surface area contributed by atoms with Crippen LogP contribution in [0.5, 0.6) is 0 Å². The zero-order valence-electron chi connectivity index (χ0n) is 15.3. The Bertz CT molecular complexity index is 789. The molecule has 2 aromatic carbocycles. The first-order valence-corrected chi connectivity index (χ1v) is 8.41. The Kier molecular flexibility index (Phi) is 5.57. The van der Waals surface area contributed by atoms with Gasteiger partial charge in [0.2, 0.25) is 0 Å². The number of rotatable bonds is 5. The molecule has 0 bridgehead atoms. The second-order valence-electron chi connectivity index (χ2n) is 6.70. The van der Waals surface area contributed by atoms with Gasteiger partial charge in [0.25, 0.3) is 11.6 Å². The van der Waals surface area contributed by atoms with Crippen molar-refractivity contribution >= 4 is 11.6 Å². The number of benzene rings is 2. The molecule has 0 radical (unpaired) electrons. The Morgan fingerprint density at radius 3 is 2.12 bits per heavy atom. The zero-order chi connectivity index (χ0) is 18.7. The van der Waals surface area contributed by atoms with Gasteiger partial charge in [-0.3, -0.25) is 14.9 Å². The first-order valence-electron chi connectivity index (χ1n) is 8.41. The minimum absolute atomic E-state index is 0.0293. The predicted molar refractivity (Wildman–Crippen MR) is 99.7 cm³/mol. The van der Waals surface area contributed by atoms with Gasteiger partial charge in [0.05, 0.1) is 4.92 Å². The lowest BCUT2D eigenvalue weighted by Crippen LogP contribution is -2.42. The zero-order valence-corrected chi connectivity index (χ0v) is 15.3. The van der Waals surface area contributed by atoms with Gasteiger partial charge in [-0.15, -0.1) is 0 Å². The maximum Gasteiger partial charge on any atom is 0.269 e. The topological polar surface area (TPSA) is 63.5 Å². The van der Waals surface area contributed by atoms with E-state index in [1.165, 1.54) is 6.07 Å². The van der Waals surface area contributed by atoms with Crippen LogP contribution < -0.4 is 0 Å². The largest absolute Gasteiger partial charge is 0.334 e. The third-order valence-electron chi connectivity index (χ3n) is 4.22. The summed E-state index contributed by atoms with van der Waals surface area (Å²) in [5.74, 6) is -0.0293. The summed E-state index contributed by atoms with van der Waals surface area (Å²) in [6, 6.07) is 12.3. The second-order valence-corrected chi connectivity index (χ2v) is 6.70. The van der Waals surface area contributed by atoms with Crippen molar-refractivity contribution in [3.8, 4) is 11.1 Å². The van der Waals surface area contributed by atoms with Gasteiger partial charge >= 0.3 is 0 Å². The van der Waals surface area contributed by atoms with Crippen molar-refractivity contribution in [2.75, 3.05) is 0 Å². The lowest BCUT2D eigenvalue weighted by Gasteiger charge is -2.31. The standard InChI is InChI=1S/C20H24N2O3/c1-13(2)21(14(3)4)20(23)19-9-7-6-8-18(19)17-11-10-16(22(24)25)12-15(17)5/h6-14H,1-5H3. The molecule has 0 spiro atoms. The van der Waals surface area contributed by atoms with E-state index in [1.807, 2.05) is 63.8 Å². The second kappa shape index (κ2) is 7.47. The number of hydrogen-bond donors (Lipinski definition) is 0. The molecule has 2 rings (SSSR count). The Morgan fingerprint density at radius 2 is 1.60 bits per heavy atom. The number of carbonyl (C=O) groups is 1. The molecule has 5 heteroatoms. The van der Waals surface area contributed by atoms with E-state index in [1.54, 1.807) is 12.1 Å². The maximum absolute atomic E-state index is 13.1.